The molecule has 1 atom stereocenters. The second-order valence-corrected chi connectivity index (χ2v) is 4.65. The zero-order valence-electron chi connectivity index (χ0n) is 8.76. The summed E-state index contributed by atoms with van der Waals surface area (Å²) in [6.07, 6.45) is 1.56. The van der Waals surface area contributed by atoms with Crippen LogP contribution in [-0.2, 0) is 4.74 Å². The van der Waals surface area contributed by atoms with E-state index in [1.807, 2.05) is 0 Å². The largest absolute Gasteiger partial charge is 0.377 e. The van der Waals surface area contributed by atoms with Crippen LogP contribution in [0.4, 0.5) is 0 Å². The first-order valence-corrected chi connectivity index (χ1v) is 4.87. The van der Waals surface area contributed by atoms with E-state index in [0.29, 0.717) is 11.6 Å². The third-order valence-corrected chi connectivity index (χ3v) is 2.40. The number of ether oxygens (including phenoxy) is 1. The fourth-order valence-corrected chi connectivity index (χ4v) is 1.60. The molecular formula is C10H21NO. The van der Waals surface area contributed by atoms with E-state index >= 15 is 0 Å². The number of rotatable bonds is 0. The quantitative estimate of drug-likeness (QED) is 0.552. The predicted octanol–water partition coefficient (Wildman–Crippen LogP) is 1.90. The van der Waals surface area contributed by atoms with Crippen molar-refractivity contribution in [1.82, 2.24) is 4.90 Å². The Hall–Kier alpha value is -0.0800. The second-order valence-electron chi connectivity index (χ2n) is 4.65. The number of nitrogens with zero attached hydrogens (tertiary/aromatic N) is 1. The summed E-state index contributed by atoms with van der Waals surface area (Å²) in [4.78, 5) is 2.50. The molecule has 0 N–H and O–H groups in total. The van der Waals surface area contributed by atoms with E-state index in [0.717, 1.165) is 13.2 Å². The smallest absolute Gasteiger partial charge is 0.0674 e. The molecule has 0 spiro atoms. The van der Waals surface area contributed by atoms with Crippen molar-refractivity contribution >= 4 is 0 Å². The number of hydrogen-bond acceptors (Lipinski definition) is 2. The van der Waals surface area contributed by atoms with Crippen LogP contribution in [0.3, 0.4) is 0 Å². The lowest BCUT2D eigenvalue weighted by Crippen LogP contribution is -2.44. The summed E-state index contributed by atoms with van der Waals surface area (Å²) in [5.74, 6) is 0. The van der Waals surface area contributed by atoms with Gasteiger partial charge in [-0.1, -0.05) is 0 Å². The van der Waals surface area contributed by atoms with Gasteiger partial charge in [0, 0.05) is 25.2 Å². The monoisotopic (exact) mass is 171 g/mol. The molecule has 1 rings (SSSR count). The minimum Gasteiger partial charge on any atom is -0.377 e. The summed E-state index contributed by atoms with van der Waals surface area (Å²) in [6, 6.07) is 0. The molecule has 0 aromatic heterocycles. The first kappa shape index (κ1) is 10.0. The Morgan fingerprint density at radius 1 is 1.33 bits per heavy atom. The van der Waals surface area contributed by atoms with Gasteiger partial charge in [0.25, 0.3) is 0 Å². The van der Waals surface area contributed by atoms with E-state index < -0.39 is 0 Å². The van der Waals surface area contributed by atoms with E-state index in [4.69, 9.17) is 4.74 Å². The molecule has 2 nitrogen and oxygen atoms in total. The van der Waals surface area contributed by atoms with E-state index in [1.165, 1.54) is 13.0 Å². The Bertz CT molecular complexity index is 139. The van der Waals surface area contributed by atoms with Crippen molar-refractivity contribution < 1.29 is 4.74 Å². The molecule has 1 saturated heterocycles. The van der Waals surface area contributed by atoms with Crippen LogP contribution in [0.5, 0.6) is 0 Å². The molecule has 0 aliphatic carbocycles. The molecule has 1 unspecified atom stereocenters. The average Bonchev–Trinajstić information content (AvgIpc) is 2.11. The Morgan fingerprint density at radius 2 is 2.00 bits per heavy atom. The maximum absolute atomic E-state index is 5.59. The standard InChI is InChI=1S/C10H21NO/c1-9-8-11(10(2,3)4)6-5-7-12-9/h9H,5-8H2,1-4H3. The Morgan fingerprint density at radius 3 is 2.58 bits per heavy atom. The van der Waals surface area contributed by atoms with Gasteiger partial charge in [0.05, 0.1) is 6.10 Å². The maximum atomic E-state index is 5.59. The lowest BCUT2D eigenvalue weighted by atomic mass is 10.1. The average molecular weight is 171 g/mol. The predicted molar refractivity (Wildman–Crippen MR) is 51.4 cm³/mol. The van der Waals surface area contributed by atoms with Gasteiger partial charge in [-0.05, 0) is 34.1 Å². The maximum Gasteiger partial charge on any atom is 0.0674 e. The Kier molecular flexibility index (Phi) is 3.13. The van der Waals surface area contributed by atoms with Crippen molar-refractivity contribution in [3.8, 4) is 0 Å². The summed E-state index contributed by atoms with van der Waals surface area (Å²) >= 11 is 0. The van der Waals surface area contributed by atoms with E-state index in [1.54, 1.807) is 0 Å². The van der Waals surface area contributed by atoms with E-state index in [9.17, 15) is 0 Å². The van der Waals surface area contributed by atoms with Gasteiger partial charge in [-0.25, -0.2) is 0 Å². The molecule has 1 aliphatic rings. The molecule has 0 aromatic carbocycles. The van der Waals surface area contributed by atoms with Crippen molar-refractivity contribution in [1.29, 1.82) is 0 Å². The lowest BCUT2D eigenvalue weighted by Gasteiger charge is -2.35. The molecule has 0 radical (unpaired) electrons. The van der Waals surface area contributed by atoms with Gasteiger partial charge < -0.3 is 4.74 Å². The van der Waals surface area contributed by atoms with Crippen molar-refractivity contribution in [3.63, 3.8) is 0 Å². The van der Waals surface area contributed by atoms with E-state index in [2.05, 4.69) is 32.6 Å². The van der Waals surface area contributed by atoms with Crippen LogP contribution in [0.1, 0.15) is 34.1 Å². The third-order valence-electron chi connectivity index (χ3n) is 2.40. The Labute approximate surface area is 75.9 Å². The summed E-state index contributed by atoms with van der Waals surface area (Å²) < 4.78 is 5.59. The molecule has 72 valence electrons. The zero-order chi connectivity index (χ0) is 9.19. The lowest BCUT2D eigenvalue weighted by molar-refractivity contribution is 0.0499. The first-order valence-electron chi connectivity index (χ1n) is 4.87. The molecule has 1 aliphatic heterocycles. The molecular weight excluding hydrogens is 150 g/mol. The number of hydrogen-bond donors (Lipinski definition) is 0. The topological polar surface area (TPSA) is 12.5 Å². The van der Waals surface area contributed by atoms with E-state index in [-0.39, 0.29) is 0 Å². The fourth-order valence-electron chi connectivity index (χ4n) is 1.60. The van der Waals surface area contributed by atoms with Crippen LogP contribution < -0.4 is 0 Å². The molecule has 0 amide bonds. The molecule has 2 heteroatoms. The van der Waals surface area contributed by atoms with Gasteiger partial charge in [0.15, 0.2) is 0 Å². The van der Waals surface area contributed by atoms with Crippen LogP contribution in [0, 0.1) is 0 Å². The molecule has 1 heterocycles. The van der Waals surface area contributed by atoms with Crippen LogP contribution in [0.2, 0.25) is 0 Å². The summed E-state index contributed by atoms with van der Waals surface area (Å²) in [6.45, 7) is 12.1. The summed E-state index contributed by atoms with van der Waals surface area (Å²) in [7, 11) is 0. The molecule has 0 bridgehead atoms. The van der Waals surface area contributed by atoms with Gasteiger partial charge >= 0.3 is 0 Å². The highest BCUT2D eigenvalue weighted by molar-refractivity contribution is 4.79. The zero-order valence-corrected chi connectivity index (χ0v) is 8.76. The molecule has 0 saturated carbocycles. The van der Waals surface area contributed by atoms with Crippen molar-refractivity contribution in [2.24, 2.45) is 0 Å². The summed E-state index contributed by atoms with van der Waals surface area (Å²) in [5.41, 5.74) is 0.294. The van der Waals surface area contributed by atoms with Crippen LogP contribution in [0.25, 0.3) is 0 Å². The minimum absolute atomic E-state index is 0.294. The van der Waals surface area contributed by atoms with Crippen molar-refractivity contribution in [2.45, 2.75) is 45.8 Å². The minimum atomic E-state index is 0.294. The van der Waals surface area contributed by atoms with Crippen molar-refractivity contribution in [2.75, 3.05) is 19.7 Å². The van der Waals surface area contributed by atoms with Gasteiger partial charge in [-0.15, -0.1) is 0 Å². The van der Waals surface area contributed by atoms with Crippen LogP contribution in [0.15, 0.2) is 0 Å². The van der Waals surface area contributed by atoms with Crippen molar-refractivity contribution in [3.05, 3.63) is 0 Å². The third kappa shape index (κ3) is 2.76. The highest BCUT2D eigenvalue weighted by Gasteiger charge is 2.24. The molecule has 0 aromatic rings. The second kappa shape index (κ2) is 3.75. The summed E-state index contributed by atoms with van der Waals surface area (Å²) in [5, 5.41) is 0. The molecule has 12 heavy (non-hydrogen) atoms. The normalized spacial score (nSPS) is 28.5. The fraction of sp³-hybridized carbons (Fsp3) is 1.00. The van der Waals surface area contributed by atoms with Gasteiger partial charge in [0.2, 0.25) is 0 Å². The van der Waals surface area contributed by atoms with Gasteiger partial charge in [-0.3, -0.25) is 4.90 Å². The van der Waals surface area contributed by atoms with Crippen LogP contribution >= 0.6 is 0 Å². The van der Waals surface area contributed by atoms with Gasteiger partial charge in [0.1, 0.15) is 0 Å². The Balaban J connectivity index is 2.52. The molecule has 1 fully saturated rings. The first-order chi connectivity index (χ1) is 5.50. The van der Waals surface area contributed by atoms with Crippen LogP contribution in [-0.4, -0.2) is 36.2 Å². The SMILES string of the molecule is CC1CN(C(C)(C)C)CCCO1. The highest BCUT2D eigenvalue weighted by Crippen LogP contribution is 2.17. The highest BCUT2D eigenvalue weighted by atomic mass is 16.5. The van der Waals surface area contributed by atoms with Gasteiger partial charge in [-0.2, -0.15) is 0 Å².